The van der Waals surface area contributed by atoms with Crippen molar-refractivity contribution in [2.75, 3.05) is 6.61 Å². The number of nitrogens with zero attached hydrogens (tertiary/aromatic N) is 1. The second-order valence-electron chi connectivity index (χ2n) is 7.34. The van der Waals surface area contributed by atoms with E-state index in [0.717, 1.165) is 24.2 Å². The van der Waals surface area contributed by atoms with Gasteiger partial charge in [0.1, 0.15) is 0 Å². The van der Waals surface area contributed by atoms with Crippen LogP contribution in [0.5, 0.6) is 5.75 Å². The lowest BCUT2D eigenvalue weighted by molar-refractivity contribution is -0.385. The highest BCUT2D eigenvalue weighted by molar-refractivity contribution is 5.78. The van der Waals surface area contributed by atoms with Crippen molar-refractivity contribution in [1.29, 1.82) is 0 Å². The number of nitro groups is 1. The normalized spacial score (nSPS) is 33.2. The number of nitrogens with one attached hydrogen (secondary N) is 1. The summed E-state index contributed by atoms with van der Waals surface area (Å²) in [5.74, 6) is 3.06. The quantitative estimate of drug-likeness (QED) is 0.665. The number of hydrogen-bond acceptors (Lipinski definition) is 4. The van der Waals surface area contributed by atoms with Gasteiger partial charge in [-0.15, -0.1) is 0 Å². The van der Waals surface area contributed by atoms with Crippen LogP contribution in [-0.2, 0) is 4.79 Å². The first-order valence-corrected chi connectivity index (χ1v) is 8.79. The van der Waals surface area contributed by atoms with E-state index in [1.807, 2.05) is 0 Å². The molecule has 1 aromatic carbocycles. The van der Waals surface area contributed by atoms with Crippen molar-refractivity contribution >= 4 is 11.6 Å². The third-order valence-corrected chi connectivity index (χ3v) is 6.20. The van der Waals surface area contributed by atoms with E-state index in [9.17, 15) is 14.9 Å². The van der Waals surface area contributed by atoms with E-state index < -0.39 is 4.92 Å². The fourth-order valence-corrected chi connectivity index (χ4v) is 5.36. The molecule has 1 aromatic rings. The minimum Gasteiger partial charge on any atom is -0.477 e. The molecule has 0 aromatic heterocycles. The topological polar surface area (TPSA) is 81.5 Å². The Morgan fingerprint density at radius 2 is 2.00 bits per heavy atom. The molecule has 3 fully saturated rings. The van der Waals surface area contributed by atoms with Crippen LogP contribution in [0, 0.1) is 33.8 Å². The molecule has 3 aliphatic carbocycles. The highest BCUT2D eigenvalue weighted by Crippen LogP contribution is 2.58. The lowest BCUT2D eigenvalue weighted by atomic mass is 9.79. The van der Waals surface area contributed by atoms with Crippen molar-refractivity contribution in [3.05, 3.63) is 34.4 Å². The zero-order valence-corrected chi connectivity index (χ0v) is 13.5. The van der Waals surface area contributed by atoms with Crippen LogP contribution in [-0.4, -0.2) is 23.5 Å². The number of carbonyl (C=O) groups excluding carboxylic acids is 1. The highest BCUT2D eigenvalue weighted by Gasteiger charge is 2.53. The predicted octanol–water partition coefficient (Wildman–Crippen LogP) is 2.91. The maximum atomic E-state index is 12.2. The predicted molar refractivity (Wildman–Crippen MR) is 87.6 cm³/mol. The summed E-state index contributed by atoms with van der Waals surface area (Å²) < 4.78 is 5.38. The number of nitro benzene ring substituents is 1. The zero-order chi connectivity index (χ0) is 16.7. The molecule has 6 nitrogen and oxygen atoms in total. The number of benzene rings is 1. The molecule has 2 bridgehead atoms. The Morgan fingerprint density at radius 1 is 1.21 bits per heavy atom. The SMILES string of the molecule is O=C(COc1ccccc1[N+](=O)[O-])NC1CC2CC1C1CCCC21. The van der Waals surface area contributed by atoms with Gasteiger partial charge in [0.15, 0.2) is 12.4 Å². The maximum absolute atomic E-state index is 12.2. The Balaban J connectivity index is 1.33. The van der Waals surface area contributed by atoms with Crippen LogP contribution in [0.25, 0.3) is 0 Å². The first-order valence-electron chi connectivity index (χ1n) is 8.79. The lowest BCUT2D eigenvalue weighted by Gasteiger charge is -2.32. The van der Waals surface area contributed by atoms with Gasteiger partial charge in [-0.2, -0.15) is 0 Å². The summed E-state index contributed by atoms with van der Waals surface area (Å²) in [6, 6.07) is 6.40. The van der Waals surface area contributed by atoms with E-state index in [4.69, 9.17) is 4.74 Å². The maximum Gasteiger partial charge on any atom is 0.310 e. The van der Waals surface area contributed by atoms with Crippen LogP contribution in [0.1, 0.15) is 32.1 Å². The Morgan fingerprint density at radius 3 is 2.83 bits per heavy atom. The molecule has 24 heavy (non-hydrogen) atoms. The fourth-order valence-electron chi connectivity index (χ4n) is 5.36. The number of fused-ring (bicyclic) bond motifs is 5. The van der Waals surface area contributed by atoms with E-state index in [2.05, 4.69) is 5.32 Å². The van der Waals surface area contributed by atoms with Crippen LogP contribution in [0.15, 0.2) is 24.3 Å². The van der Waals surface area contributed by atoms with E-state index in [0.29, 0.717) is 5.92 Å². The number of para-hydroxylation sites is 2. The number of carbonyl (C=O) groups is 1. The largest absolute Gasteiger partial charge is 0.477 e. The van der Waals surface area contributed by atoms with Gasteiger partial charge >= 0.3 is 5.69 Å². The van der Waals surface area contributed by atoms with Crippen molar-refractivity contribution in [2.45, 2.75) is 38.1 Å². The second-order valence-corrected chi connectivity index (χ2v) is 7.34. The standard InChI is InChI=1S/C18H22N2O4/c21-18(10-24-17-7-2-1-6-16(17)20(22)23)19-15-9-11-8-14(15)13-5-3-4-12(11)13/h1-2,6-7,11-15H,3-5,8-10H2,(H,19,21). The van der Waals surface area contributed by atoms with Gasteiger partial charge in [0.2, 0.25) is 0 Å². The molecule has 0 aliphatic heterocycles. The summed E-state index contributed by atoms with van der Waals surface area (Å²) in [7, 11) is 0. The smallest absolute Gasteiger partial charge is 0.310 e. The average molecular weight is 330 g/mol. The van der Waals surface area contributed by atoms with Gasteiger partial charge in [-0.25, -0.2) is 0 Å². The minimum atomic E-state index is -0.497. The molecular formula is C18H22N2O4. The lowest BCUT2D eigenvalue weighted by Crippen LogP contribution is -2.44. The van der Waals surface area contributed by atoms with Gasteiger partial charge in [-0.3, -0.25) is 14.9 Å². The molecule has 0 spiro atoms. The van der Waals surface area contributed by atoms with Gasteiger partial charge in [-0.05, 0) is 55.4 Å². The van der Waals surface area contributed by atoms with E-state index >= 15 is 0 Å². The molecule has 6 heteroatoms. The van der Waals surface area contributed by atoms with Crippen molar-refractivity contribution < 1.29 is 14.5 Å². The molecule has 0 heterocycles. The van der Waals surface area contributed by atoms with Crippen molar-refractivity contribution in [3.8, 4) is 5.75 Å². The van der Waals surface area contributed by atoms with E-state index in [1.165, 1.54) is 37.8 Å². The van der Waals surface area contributed by atoms with E-state index in [1.54, 1.807) is 12.1 Å². The van der Waals surface area contributed by atoms with Crippen LogP contribution >= 0.6 is 0 Å². The van der Waals surface area contributed by atoms with Crippen molar-refractivity contribution in [3.63, 3.8) is 0 Å². The number of amides is 1. The summed E-state index contributed by atoms with van der Waals surface area (Å²) in [6.07, 6.45) is 6.36. The fraction of sp³-hybridized carbons (Fsp3) is 0.611. The summed E-state index contributed by atoms with van der Waals surface area (Å²) in [4.78, 5) is 22.7. The van der Waals surface area contributed by atoms with E-state index in [-0.39, 0.29) is 30.0 Å². The summed E-state index contributed by atoms with van der Waals surface area (Å²) in [5, 5.41) is 14.1. The second kappa shape index (κ2) is 6.07. The summed E-state index contributed by atoms with van der Waals surface area (Å²) in [5.41, 5.74) is -0.112. The number of hydrogen-bond donors (Lipinski definition) is 1. The van der Waals surface area contributed by atoms with Gasteiger partial charge < -0.3 is 10.1 Å². The molecule has 3 saturated carbocycles. The summed E-state index contributed by atoms with van der Waals surface area (Å²) >= 11 is 0. The van der Waals surface area contributed by atoms with Gasteiger partial charge in [0, 0.05) is 12.1 Å². The van der Waals surface area contributed by atoms with Gasteiger partial charge in [0.05, 0.1) is 4.92 Å². The Labute approximate surface area is 140 Å². The highest BCUT2D eigenvalue weighted by atomic mass is 16.6. The van der Waals surface area contributed by atoms with Gasteiger partial charge in [0.25, 0.3) is 5.91 Å². The molecule has 5 unspecified atom stereocenters. The van der Waals surface area contributed by atoms with Crippen molar-refractivity contribution in [2.24, 2.45) is 23.7 Å². The minimum absolute atomic E-state index is 0.112. The molecule has 5 atom stereocenters. The Hall–Kier alpha value is -2.11. The molecule has 0 saturated heterocycles. The molecule has 128 valence electrons. The summed E-state index contributed by atoms with van der Waals surface area (Å²) in [6.45, 7) is -0.174. The molecular weight excluding hydrogens is 308 g/mol. The first-order chi connectivity index (χ1) is 11.6. The Kier molecular flexibility index (Phi) is 3.90. The number of rotatable bonds is 5. The number of ether oxygens (including phenoxy) is 1. The molecule has 4 rings (SSSR count). The molecule has 0 radical (unpaired) electrons. The van der Waals surface area contributed by atoms with Crippen LogP contribution in [0.4, 0.5) is 5.69 Å². The zero-order valence-electron chi connectivity index (χ0n) is 13.5. The third kappa shape index (κ3) is 2.64. The Bertz CT molecular complexity index is 662. The first kappa shape index (κ1) is 15.4. The molecule has 1 amide bonds. The molecule has 3 aliphatic rings. The van der Waals surface area contributed by atoms with Crippen LogP contribution in [0.3, 0.4) is 0 Å². The van der Waals surface area contributed by atoms with Crippen molar-refractivity contribution in [1.82, 2.24) is 5.32 Å². The van der Waals surface area contributed by atoms with Crippen LogP contribution in [0.2, 0.25) is 0 Å². The monoisotopic (exact) mass is 330 g/mol. The third-order valence-electron chi connectivity index (χ3n) is 6.20. The average Bonchev–Trinajstić information content (AvgIpc) is 3.25. The van der Waals surface area contributed by atoms with Gasteiger partial charge in [-0.1, -0.05) is 18.6 Å². The molecule has 1 N–H and O–H groups in total. The van der Waals surface area contributed by atoms with Crippen LogP contribution < -0.4 is 10.1 Å².